The number of aromatic nitrogens is 2. The van der Waals surface area contributed by atoms with Gasteiger partial charge in [0.2, 0.25) is 5.91 Å². The molecule has 0 saturated carbocycles. The second-order valence-corrected chi connectivity index (χ2v) is 6.03. The van der Waals surface area contributed by atoms with Gasteiger partial charge >= 0.3 is 0 Å². The molecule has 1 aromatic heterocycles. The fourth-order valence-corrected chi connectivity index (χ4v) is 2.95. The third kappa shape index (κ3) is 4.66. The van der Waals surface area contributed by atoms with E-state index in [1.165, 1.54) is 23.4 Å². The van der Waals surface area contributed by atoms with Crippen LogP contribution in [0.1, 0.15) is 23.5 Å². The number of hydrogen-bond donors (Lipinski definition) is 1. The monoisotopic (exact) mass is 347 g/mol. The molecule has 5 heteroatoms. The summed E-state index contributed by atoms with van der Waals surface area (Å²) in [6.07, 6.45) is 2.27. The van der Waals surface area contributed by atoms with Crippen molar-refractivity contribution in [3.8, 4) is 0 Å². The van der Waals surface area contributed by atoms with Gasteiger partial charge in [-0.15, -0.1) is 0 Å². The summed E-state index contributed by atoms with van der Waals surface area (Å²) in [7, 11) is 0. The molecule has 0 aliphatic rings. The Bertz CT molecular complexity index is 852. The van der Waals surface area contributed by atoms with E-state index < -0.39 is 0 Å². The Balaban J connectivity index is 1.62. The van der Waals surface area contributed by atoms with Crippen LogP contribution in [0.5, 0.6) is 0 Å². The summed E-state index contributed by atoms with van der Waals surface area (Å²) in [6.45, 7) is 0.454. The van der Waals surface area contributed by atoms with E-state index in [0.717, 1.165) is 11.1 Å². The average Bonchev–Trinajstić information content (AvgIpc) is 2.68. The Morgan fingerprint density at radius 3 is 2.12 bits per heavy atom. The average molecular weight is 347 g/mol. The Labute approximate surface area is 152 Å². The summed E-state index contributed by atoms with van der Waals surface area (Å²) in [5.41, 5.74) is 2.15. The zero-order valence-corrected chi connectivity index (χ0v) is 14.4. The maximum atomic E-state index is 12.1. The number of nitrogens with one attached hydrogen (secondary N) is 1. The lowest BCUT2D eigenvalue weighted by Crippen LogP contribution is -2.34. The van der Waals surface area contributed by atoms with Crippen LogP contribution in [-0.2, 0) is 11.3 Å². The van der Waals surface area contributed by atoms with Gasteiger partial charge in [0, 0.05) is 24.7 Å². The summed E-state index contributed by atoms with van der Waals surface area (Å²) in [6, 6.07) is 23.5. The summed E-state index contributed by atoms with van der Waals surface area (Å²) in [5.74, 6) is -0.0130. The standard InChI is InChI=1S/C21H21N3O2/c25-20(16-24-21(26)12-7-14-23-24)22-15-13-19(17-8-3-1-4-9-17)18-10-5-2-6-11-18/h1-12,14,19H,13,15-16H2,(H,22,25). The molecular weight excluding hydrogens is 326 g/mol. The second-order valence-electron chi connectivity index (χ2n) is 6.03. The minimum Gasteiger partial charge on any atom is -0.354 e. The lowest BCUT2D eigenvalue weighted by atomic mass is 9.88. The highest BCUT2D eigenvalue weighted by molar-refractivity contribution is 5.75. The first-order chi connectivity index (χ1) is 12.7. The molecule has 0 atom stereocenters. The maximum Gasteiger partial charge on any atom is 0.267 e. The molecule has 1 N–H and O–H groups in total. The van der Waals surface area contributed by atoms with E-state index in [0.29, 0.717) is 6.54 Å². The molecule has 0 aliphatic heterocycles. The van der Waals surface area contributed by atoms with Crippen molar-refractivity contribution in [1.82, 2.24) is 15.1 Å². The number of hydrogen-bond acceptors (Lipinski definition) is 3. The topological polar surface area (TPSA) is 64.0 Å². The van der Waals surface area contributed by atoms with E-state index in [4.69, 9.17) is 0 Å². The van der Waals surface area contributed by atoms with Crippen LogP contribution in [-0.4, -0.2) is 22.2 Å². The number of benzene rings is 2. The quantitative estimate of drug-likeness (QED) is 0.714. The van der Waals surface area contributed by atoms with Gasteiger partial charge in [-0.3, -0.25) is 9.59 Å². The van der Waals surface area contributed by atoms with Gasteiger partial charge in [0.15, 0.2) is 0 Å². The first-order valence-corrected chi connectivity index (χ1v) is 8.63. The smallest absolute Gasteiger partial charge is 0.267 e. The van der Waals surface area contributed by atoms with Gasteiger partial charge in [-0.2, -0.15) is 5.10 Å². The minimum absolute atomic E-state index is 0.0684. The Hall–Kier alpha value is -3.21. The highest BCUT2D eigenvalue weighted by Crippen LogP contribution is 2.27. The first-order valence-electron chi connectivity index (χ1n) is 8.63. The molecule has 0 radical (unpaired) electrons. The van der Waals surface area contributed by atoms with Crippen molar-refractivity contribution < 1.29 is 4.79 Å². The van der Waals surface area contributed by atoms with Crippen molar-refractivity contribution in [2.75, 3.05) is 6.54 Å². The van der Waals surface area contributed by atoms with Crippen LogP contribution in [0.25, 0.3) is 0 Å². The summed E-state index contributed by atoms with van der Waals surface area (Å²) in [5, 5.41) is 6.79. The number of carbonyl (C=O) groups excluding carboxylic acids is 1. The molecular formula is C21H21N3O2. The van der Waals surface area contributed by atoms with Gasteiger partial charge in [-0.05, 0) is 23.6 Å². The summed E-state index contributed by atoms with van der Waals surface area (Å²) >= 11 is 0. The molecule has 5 nitrogen and oxygen atoms in total. The largest absolute Gasteiger partial charge is 0.354 e. The third-order valence-electron chi connectivity index (χ3n) is 4.24. The second kappa shape index (κ2) is 8.76. The van der Waals surface area contributed by atoms with Crippen molar-refractivity contribution in [2.45, 2.75) is 18.9 Å². The number of amides is 1. The first kappa shape index (κ1) is 17.6. The number of nitrogens with zero attached hydrogens (tertiary/aromatic N) is 2. The van der Waals surface area contributed by atoms with E-state index in [2.05, 4.69) is 34.7 Å². The van der Waals surface area contributed by atoms with Crippen LogP contribution in [0.2, 0.25) is 0 Å². The molecule has 0 unspecified atom stereocenters. The highest BCUT2D eigenvalue weighted by atomic mass is 16.2. The predicted molar refractivity (Wildman–Crippen MR) is 101 cm³/mol. The lowest BCUT2D eigenvalue weighted by molar-refractivity contribution is -0.121. The predicted octanol–water partition coefficient (Wildman–Crippen LogP) is 2.58. The Morgan fingerprint density at radius 1 is 0.923 bits per heavy atom. The van der Waals surface area contributed by atoms with Gasteiger partial charge in [0.25, 0.3) is 5.56 Å². The highest BCUT2D eigenvalue weighted by Gasteiger charge is 2.14. The van der Waals surface area contributed by atoms with E-state index >= 15 is 0 Å². The third-order valence-corrected chi connectivity index (χ3v) is 4.24. The van der Waals surface area contributed by atoms with E-state index in [-0.39, 0.29) is 23.9 Å². The van der Waals surface area contributed by atoms with Crippen LogP contribution in [0.15, 0.2) is 83.8 Å². The van der Waals surface area contributed by atoms with Crippen molar-refractivity contribution in [1.29, 1.82) is 0 Å². The van der Waals surface area contributed by atoms with E-state index in [9.17, 15) is 9.59 Å². The number of carbonyl (C=O) groups is 1. The van der Waals surface area contributed by atoms with Crippen molar-refractivity contribution in [3.63, 3.8) is 0 Å². The zero-order chi connectivity index (χ0) is 18.2. The summed E-state index contributed by atoms with van der Waals surface area (Å²) < 4.78 is 1.15. The lowest BCUT2D eigenvalue weighted by Gasteiger charge is -2.18. The molecule has 132 valence electrons. The minimum atomic E-state index is -0.283. The molecule has 26 heavy (non-hydrogen) atoms. The van der Waals surface area contributed by atoms with Gasteiger partial charge in [-0.1, -0.05) is 60.7 Å². The van der Waals surface area contributed by atoms with Crippen LogP contribution >= 0.6 is 0 Å². The van der Waals surface area contributed by atoms with Crippen LogP contribution < -0.4 is 10.9 Å². The summed E-state index contributed by atoms with van der Waals surface area (Å²) in [4.78, 5) is 23.7. The van der Waals surface area contributed by atoms with E-state index in [1.807, 2.05) is 36.4 Å². The van der Waals surface area contributed by atoms with Crippen molar-refractivity contribution in [3.05, 3.63) is 100 Å². The number of rotatable bonds is 7. The maximum absolute atomic E-state index is 12.1. The van der Waals surface area contributed by atoms with Crippen molar-refractivity contribution >= 4 is 5.91 Å². The van der Waals surface area contributed by atoms with Crippen molar-refractivity contribution in [2.24, 2.45) is 0 Å². The SMILES string of the molecule is O=C(Cn1ncccc1=O)NCCC(c1ccccc1)c1ccccc1. The van der Waals surface area contributed by atoms with Gasteiger partial charge in [0.05, 0.1) is 0 Å². The molecule has 0 spiro atoms. The van der Waals surface area contributed by atoms with Gasteiger partial charge in [0.1, 0.15) is 6.54 Å². The van der Waals surface area contributed by atoms with E-state index in [1.54, 1.807) is 6.07 Å². The molecule has 2 aromatic carbocycles. The molecule has 0 saturated heterocycles. The fourth-order valence-electron chi connectivity index (χ4n) is 2.95. The van der Waals surface area contributed by atoms with Gasteiger partial charge < -0.3 is 5.32 Å². The molecule has 3 rings (SSSR count). The molecule has 1 heterocycles. The van der Waals surface area contributed by atoms with Crippen LogP contribution in [0.3, 0.4) is 0 Å². The van der Waals surface area contributed by atoms with Crippen LogP contribution in [0.4, 0.5) is 0 Å². The molecule has 0 bridgehead atoms. The Kier molecular flexibility index (Phi) is 5.93. The molecule has 0 fully saturated rings. The molecule has 3 aromatic rings. The van der Waals surface area contributed by atoms with Gasteiger partial charge in [-0.25, -0.2) is 4.68 Å². The fraction of sp³-hybridized carbons (Fsp3) is 0.190. The molecule has 1 amide bonds. The zero-order valence-electron chi connectivity index (χ0n) is 14.4. The normalized spacial score (nSPS) is 10.7. The van der Waals surface area contributed by atoms with Crippen LogP contribution in [0, 0.1) is 0 Å². The molecule has 0 aliphatic carbocycles. The Morgan fingerprint density at radius 2 is 1.54 bits per heavy atom.